The Morgan fingerprint density at radius 3 is 2.73 bits per heavy atom. The van der Waals surface area contributed by atoms with Crippen LogP contribution < -0.4 is 20.9 Å². The van der Waals surface area contributed by atoms with Crippen molar-refractivity contribution in [2.75, 3.05) is 28.6 Å². The number of hydrogen-bond donors (Lipinski definition) is 3. The monoisotopic (exact) mass is 448 g/mol. The predicted molar refractivity (Wildman–Crippen MR) is 130 cm³/mol. The molecule has 2 aromatic carbocycles. The summed E-state index contributed by atoms with van der Waals surface area (Å²) >= 11 is 0. The van der Waals surface area contributed by atoms with Gasteiger partial charge in [0.25, 0.3) is 0 Å². The Morgan fingerprint density at radius 2 is 1.91 bits per heavy atom. The normalized spacial score (nSPS) is 15.7. The molecule has 1 unspecified atom stereocenters. The maximum absolute atomic E-state index is 12.4. The molecule has 3 amide bonds. The number of hydrogen-bond acceptors (Lipinski definition) is 4. The topological polar surface area (TPSA) is 90.5 Å². The van der Waals surface area contributed by atoms with Gasteiger partial charge in [0.15, 0.2) is 0 Å². The van der Waals surface area contributed by atoms with E-state index in [1.54, 1.807) is 0 Å². The van der Waals surface area contributed by atoms with Gasteiger partial charge in [-0.05, 0) is 68.0 Å². The number of rotatable bonds is 9. The van der Waals surface area contributed by atoms with E-state index in [9.17, 15) is 14.4 Å². The van der Waals surface area contributed by atoms with Crippen LogP contribution in [0.4, 0.5) is 17.1 Å². The first-order valence-corrected chi connectivity index (χ1v) is 11.8. The molecule has 1 fully saturated rings. The predicted octanol–water partition coefficient (Wildman–Crippen LogP) is 3.64. The van der Waals surface area contributed by atoms with Crippen molar-refractivity contribution < 1.29 is 14.4 Å². The highest BCUT2D eigenvalue weighted by atomic mass is 16.2. The minimum Gasteiger partial charge on any atom is -0.371 e. The van der Waals surface area contributed by atoms with Gasteiger partial charge in [-0.15, -0.1) is 0 Å². The molecule has 0 spiro atoms. The Balaban J connectivity index is 1.17. The maximum atomic E-state index is 12.4. The quantitative estimate of drug-likeness (QED) is 0.546. The Hall–Kier alpha value is -3.35. The smallest absolute Gasteiger partial charge is 0.228 e. The average Bonchev–Trinajstić information content (AvgIpc) is 3.42. The Bertz CT molecular complexity index is 1030. The number of anilines is 3. The molecule has 0 radical (unpaired) electrons. The number of nitrogens with zero attached hydrogens (tertiary/aromatic N) is 1. The second kappa shape index (κ2) is 10.5. The average molecular weight is 449 g/mol. The van der Waals surface area contributed by atoms with Gasteiger partial charge >= 0.3 is 0 Å². The van der Waals surface area contributed by atoms with E-state index < -0.39 is 0 Å². The highest BCUT2D eigenvalue weighted by Crippen LogP contribution is 2.25. The fourth-order valence-electron chi connectivity index (χ4n) is 4.54. The van der Waals surface area contributed by atoms with Crippen LogP contribution in [0.1, 0.15) is 50.2 Å². The number of carbonyl (C=O) groups is 3. The van der Waals surface area contributed by atoms with E-state index in [1.807, 2.05) is 43.3 Å². The molecule has 3 N–H and O–H groups in total. The molecule has 2 heterocycles. The zero-order chi connectivity index (χ0) is 23.2. The summed E-state index contributed by atoms with van der Waals surface area (Å²) < 4.78 is 0. The lowest BCUT2D eigenvalue weighted by Crippen LogP contribution is -2.35. The van der Waals surface area contributed by atoms with Crippen LogP contribution in [-0.2, 0) is 27.2 Å². The Kier molecular flexibility index (Phi) is 7.27. The number of fused-ring (bicyclic) bond motifs is 1. The van der Waals surface area contributed by atoms with Crippen molar-refractivity contribution in [3.63, 3.8) is 0 Å². The van der Waals surface area contributed by atoms with E-state index >= 15 is 0 Å². The Morgan fingerprint density at radius 1 is 1.09 bits per heavy atom. The summed E-state index contributed by atoms with van der Waals surface area (Å²) in [5, 5.41) is 8.70. The third kappa shape index (κ3) is 6.34. The van der Waals surface area contributed by atoms with Gasteiger partial charge in [-0.3, -0.25) is 14.4 Å². The molecule has 2 aromatic rings. The number of nitrogens with one attached hydrogen (secondary N) is 3. The molecule has 7 heteroatoms. The van der Waals surface area contributed by atoms with E-state index in [0.29, 0.717) is 19.3 Å². The second-order valence-corrected chi connectivity index (χ2v) is 9.04. The third-order valence-corrected chi connectivity index (χ3v) is 6.16. The first kappa shape index (κ1) is 22.8. The fourth-order valence-corrected chi connectivity index (χ4v) is 4.54. The maximum Gasteiger partial charge on any atom is 0.228 e. The van der Waals surface area contributed by atoms with Gasteiger partial charge in [0.2, 0.25) is 17.7 Å². The summed E-state index contributed by atoms with van der Waals surface area (Å²) in [5.74, 6) is -0.133. The van der Waals surface area contributed by atoms with E-state index in [1.165, 1.54) is 12.8 Å². The standard InChI is InChI=1S/C26H32N4O3/c1-18(14-25(32)28-21-7-5-8-22(17-21)30-12-2-3-13-30)27-24(31)9-4-6-19-10-11-23-20(15-19)16-26(33)29-23/h5,7-8,10-11,15,17-18H,2-4,6,9,12-14,16H2,1H3,(H,27,31)(H,28,32)(H,29,33). The van der Waals surface area contributed by atoms with Crippen LogP contribution >= 0.6 is 0 Å². The molecular weight excluding hydrogens is 416 g/mol. The number of amides is 3. The van der Waals surface area contributed by atoms with Crippen molar-refractivity contribution >= 4 is 34.8 Å². The van der Waals surface area contributed by atoms with Crippen molar-refractivity contribution in [2.24, 2.45) is 0 Å². The molecule has 0 aliphatic carbocycles. The van der Waals surface area contributed by atoms with Crippen LogP contribution in [0.25, 0.3) is 0 Å². The van der Waals surface area contributed by atoms with Crippen molar-refractivity contribution in [1.29, 1.82) is 0 Å². The molecule has 7 nitrogen and oxygen atoms in total. The third-order valence-electron chi connectivity index (χ3n) is 6.16. The molecule has 0 bridgehead atoms. The lowest BCUT2D eigenvalue weighted by molar-refractivity contribution is -0.122. The van der Waals surface area contributed by atoms with Gasteiger partial charge < -0.3 is 20.9 Å². The zero-order valence-corrected chi connectivity index (χ0v) is 19.2. The van der Waals surface area contributed by atoms with Crippen LogP contribution in [0.2, 0.25) is 0 Å². The van der Waals surface area contributed by atoms with Crippen LogP contribution in [0.5, 0.6) is 0 Å². The molecule has 2 aliphatic heterocycles. The zero-order valence-electron chi connectivity index (χ0n) is 19.2. The number of aryl methyl sites for hydroxylation is 1. The van der Waals surface area contributed by atoms with E-state index in [0.717, 1.165) is 47.7 Å². The van der Waals surface area contributed by atoms with Crippen molar-refractivity contribution in [3.8, 4) is 0 Å². The van der Waals surface area contributed by atoms with Gasteiger partial charge in [0, 0.05) is 49.0 Å². The molecular formula is C26H32N4O3. The van der Waals surface area contributed by atoms with Gasteiger partial charge in [-0.1, -0.05) is 18.2 Å². The first-order chi connectivity index (χ1) is 16.0. The Labute approximate surface area is 194 Å². The number of benzene rings is 2. The van der Waals surface area contributed by atoms with Crippen LogP contribution in [0, 0.1) is 0 Å². The molecule has 2 aliphatic rings. The van der Waals surface area contributed by atoms with Crippen molar-refractivity contribution in [1.82, 2.24) is 5.32 Å². The summed E-state index contributed by atoms with van der Waals surface area (Å²) in [4.78, 5) is 38.6. The highest BCUT2D eigenvalue weighted by molar-refractivity contribution is 5.99. The summed E-state index contributed by atoms with van der Waals surface area (Å²) in [6.07, 6.45) is 4.96. The minimum absolute atomic E-state index is 0.0267. The second-order valence-electron chi connectivity index (χ2n) is 9.04. The van der Waals surface area contributed by atoms with Crippen LogP contribution in [0.15, 0.2) is 42.5 Å². The SMILES string of the molecule is CC(CC(=O)Nc1cccc(N2CCCC2)c1)NC(=O)CCCc1ccc2c(c1)CC(=O)N2. The highest BCUT2D eigenvalue weighted by Gasteiger charge is 2.18. The molecule has 174 valence electrons. The number of carbonyl (C=O) groups excluding carboxylic acids is 3. The summed E-state index contributed by atoms with van der Waals surface area (Å²) in [5.41, 5.74) is 4.96. The lowest BCUT2D eigenvalue weighted by atomic mass is 10.0. The van der Waals surface area contributed by atoms with Gasteiger partial charge in [-0.25, -0.2) is 0 Å². The van der Waals surface area contributed by atoms with Crippen LogP contribution in [-0.4, -0.2) is 36.9 Å². The molecule has 1 saturated heterocycles. The molecule has 1 atom stereocenters. The minimum atomic E-state index is -0.239. The van der Waals surface area contributed by atoms with Crippen LogP contribution in [0.3, 0.4) is 0 Å². The van der Waals surface area contributed by atoms with Gasteiger partial charge in [0.1, 0.15) is 0 Å². The van der Waals surface area contributed by atoms with E-state index in [-0.39, 0.29) is 30.2 Å². The summed E-state index contributed by atoms with van der Waals surface area (Å²) in [6, 6.07) is 13.7. The summed E-state index contributed by atoms with van der Waals surface area (Å²) in [7, 11) is 0. The first-order valence-electron chi connectivity index (χ1n) is 11.8. The fraction of sp³-hybridized carbons (Fsp3) is 0.423. The molecule has 4 rings (SSSR count). The summed E-state index contributed by atoms with van der Waals surface area (Å²) in [6.45, 7) is 3.97. The van der Waals surface area contributed by atoms with Gasteiger partial charge in [0.05, 0.1) is 6.42 Å². The van der Waals surface area contributed by atoms with Crippen molar-refractivity contribution in [3.05, 3.63) is 53.6 Å². The lowest BCUT2D eigenvalue weighted by Gasteiger charge is -2.19. The van der Waals surface area contributed by atoms with E-state index in [2.05, 4.69) is 26.9 Å². The molecule has 33 heavy (non-hydrogen) atoms. The van der Waals surface area contributed by atoms with Gasteiger partial charge in [-0.2, -0.15) is 0 Å². The molecule has 0 saturated carbocycles. The van der Waals surface area contributed by atoms with E-state index in [4.69, 9.17) is 0 Å². The van der Waals surface area contributed by atoms with Crippen molar-refractivity contribution in [2.45, 2.75) is 57.9 Å². The largest absolute Gasteiger partial charge is 0.371 e. The molecule has 0 aromatic heterocycles.